The molecule has 1 aliphatic rings. The minimum Gasteiger partial charge on any atom is -0.477 e. The van der Waals surface area contributed by atoms with Crippen molar-refractivity contribution in [1.82, 2.24) is 5.32 Å². The molecule has 1 rings (SSSR count). The number of carbonyl (C=O) groups excluding carboxylic acids is 1. The van der Waals surface area contributed by atoms with E-state index in [1.807, 2.05) is 0 Å². The van der Waals surface area contributed by atoms with Crippen LogP contribution < -0.4 is 5.32 Å². The Kier molecular flexibility index (Phi) is 8.50. The summed E-state index contributed by atoms with van der Waals surface area (Å²) in [6, 6.07) is -1.20. The first-order chi connectivity index (χ1) is 12.1. The molecule has 0 amide bonds. The van der Waals surface area contributed by atoms with Crippen molar-refractivity contribution in [2.75, 3.05) is 13.7 Å². The molecule has 0 saturated carbocycles. The maximum Gasteiger partial charge on any atom is 0.364 e. The van der Waals surface area contributed by atoms with Crippen LogP contribution in [0.15, 0.2) is 0 Å². The van der Waals surface area contributed by atoms with Gasteiger partial charge in [0.05, 0.1) is 18.8 Å². The molecule has 7 atom stereocenters. The summed E-state index contributed by atoms with van der Waals surface area (Å²) in [4.78, 5) is 22.5. The summed E-state index contributed by atoms with van der Waals surface area (Å²) in [6.07, 6.45) is -8.17. The van der Waals surface area contributed by atoms with Gasteiger partial charge in [-0.3, -0.25) is 5.32 Å². The van der Waals surface area contributed by atoms with Gasteiger partial charge in [-0.1, -0.05) is 0 Å². The predicted octanol–water partition coefficient (Wildman–Crippen LogP) is -3.08. The van der Waals surface area contributed by atoms with Crippen molar-refractivity contribution in [3.05, 3.63) is 0 Å². The van der Waals surface area contributed by atoms with Crippen molar-refractivity contribution < 1.29 is 49.7 Å². The lowest BCUT2D eigenvalue weighted by Crippen LogP contribution is -2.68. The Balaban J connectivity index is 3.04. The Morgan fingerprint density at radius 1 is 1.35 bits per heavy atom. The number of carboxylic acid groups (broad SMARTS) is 1. The molecule has 0 bridgehead atoms. The topological polar surface area (TPSA) is 186 Å². The number of aliphatic carboxylic acids is 1. The molecule has 0 aliphatic carbocycles. The molecular formula is C15H27NO10. The third-order valence-electron chi connectivity index (χ3n) is 4.30. The second-order valence-electron chi connectivity index (χ2n) is 6.31. The summed E-state index contributed by atoms with van der Waals surface area (Å²) >= 11 is 0. The maximum absolute atomic E-state index is 11.5. The molecule has 2 unspecified atom stereocenters. The number of rotatable bonds is 10. The van der Waals surface area contributed by atoms with Crippen molar-refractivity contribution in [2.45, 2.75) is 68.7 Å². The summed E-state index contributed by atoms with van der Waals surface area (Å²) < 4.78 is 10.2. The molecule has 11 nitrogen and oxygen atoms in total. The zero-order valence-electron chi connectivity index (χ0n) is 14.6. The van der Waals surface area contributed by atoms with E-state index in [0.29, 0.717) is 0 Å². The SMILES string of the molecule is COC1(C(=O)O)CC(O)[C@@H](N[C@@H](O)CCC(C)=O)[C@H]([C@H](O)[C@H](O)CO)O1. The Bertz CT molecular complexity index is 489. The molecule has 0 radical (unpaired) electrons. The first kappa shape index (κ1) is 22.9. The summed E-state index contributed by atoms with van der Waals surface area (Å²) in [5.41, 5.74) is 0. The number of ether oxygens (including phenoxy) is 2. The van der Waals surface area contributed by atoms with Crippen LogP contribution in [0.3, 0.4) is 0 Å². The Morgan fingerprint density at radius 2 is 1.96 bits per heavy atom. The zero-order chi connectivity index (χ0) is 20.1. The van der Waals surface area contributed by atoms with Gasteiger partial charge in [-0.15, -0.1) is 0 Å². The second-order valence-corrected chi connectivity index (χ2v) is 6.31. The standard InChI is InChI=1S/C15H27NO10/c1-7(18)3-4-10(21)16-11-8(19)5-15(25-2,14(23)24)26-13(11)12(22)9(20)6-17/h8-13,16-17,19-22H,3-6H2,1-2H3,(H,23,24)/t8?,9-,10+,11-,12-,13-,15?/m1/s1. The molecule has 26 heavy (non-hydrogen) atoms. The van der Waals surface area contributed by atoms with E-state index in [2.05, 4.69) is 5.32 Å². The molecule has 0 spiro atoms. The van der Waals surface area contributed by atoms with E-state index in [1.165, 1.54) is 6.92 Å². The van der Waals surface area contributed by atoms with Crippen molar-refractivity contribution in [3.63, 3.8) is 0 Å². The largest absolute Gasteiger partial charge is 0.477 e. The normalized spacial score (nSPS) is 32.7. The molecule has 1 saturated heterocycles. The van der Waals surface area contributed by atoms with E-state index in [4.69, 9.17) is 14.6 Å². The van der Waals surface area contributed by atoms with Crippen LogP contribution in [0.25, 0.3) is 0 Å². The van der Waals surface area contributed by atoms with Gasteiger partial charge in [0.25, 0.3) is 5.79 Å². The highest BCUT2D eigenvalue weighted by atomic mass is 16.7. The molecule has 1 aliphatic heterocycles. The quantitative estimate of drug-likeness (QED) is 0.190. The average Bonchev–Trinajstić information content (AvgIpc) is 2.59. The third kappa shape index (κ3) is 5.41. The van der Waals surface area contributed by atoms with Gasteiger partial charge in [0.2, 0.25) is 0 Å². The molecular weight excluding hydrogens is 354 g/mol. The Labute approximate surface area is 150 Å². The molecule has 0 aromatic rings. The van der Waals surface area contributed by atoms with Crippen LogP contribution in [-0.4, -0.2) is 98.6 Å². The number of ketones is 1. The molecule has 0 aromatic heterocycles. The number of Topliss-reactive ketones (excluding diaryl/α,β-unsaturated/α-hetero) is 1. The minimum atomic E-state index is -2.28. The van der Waals surface area contributed by atoms with Gasteiger partial charge in [-0.2, -0.15) is 0 Å². The van der Waals surface area contributed by atoms with E-state index in [1.54, 1.807) is 0 Å². The predicted molar refractivity (Wildman–Crippen MR) is 84.8 cm³/mol. The van der Waals surface area contributed by atoms with Crippen molar-refractivity contribution in [1.29, 1.82) is 0 Å². The molecule has 1 fully saturated rings. The first-order valence-corrected chi connectivity index (χ1v) is 8.13. The molecule has 11 heteroatoms. The van der Waals surface area contributed by atoms with Crippen LogP contribution in [0.4, 0.5) is 0 Å². The number of aliphatic hydroxyl groups excluding tert-OH is 5. The molecule has 0 aromatic carbocycles. The van der Waals surface area contributed by atoms with Crippen LogP contribution in [0.2, 0.25) is 0 Å². The summed E-state index contributed by atoms with van der Waals surface area (Å²) in [7, 11) is 1.04. The third-order valence-corrected chi connectivity index (χ3v) is 4.30. The summed E-state index contributed by atoms with van der Waals surface area (Å²) in [5, 5.41) is 61.2. The highest BCUT2D eigenvalue weighted by Crippen LogP contribution is 2.33. The summed E-state index contributed by atoms with van der Waals surface area (Å²) in [6.45, 7) is 0.499. The number of nitrogens with one attached hydrogen (secondary N) is 1. The number of carboxylic acids is 1. The van der Waals surface area contributed by atoms with Crippen molar-refractivity contribution >= 4 is 11.8 Å². The number of hydrogen-bond acceptors (Lipinski definition) is 10. The van der Waals surface area contributed by atoms with Crippen LogP contribution in [0.1, 0.15) is 26.2 Å². The highest BCUT2D eigenvalue weighted by Gasteiger charge is 2.55. The van der Waals surface area contributed by atoms with Gasteiger partial charge in [0.15, 0.2) is 0 Å². The highest BCUT2D eigenvalue weighted by molar-refractivity contribution is 5.76. The van der Waals surface area contributed by atoms with Gasteiger partial charge in [-0.05, 0) is 13.3 Å². The van der Waals surface area contributed by atoms with Crippen molar-refractivity contribution in [2.24, 2.45) is 0 Å². The molecule has 1 heterocycles. The van der Waals surface area contributed by atoms with E-state index >= 15 is 0 Å². The smallest absolute Gasteiger partial charge is 0.364 e. The fourth-order valence-corrected chi connectivity index (χ4v) is 2.78. The fourth-order valence-electron chi connectivity index (χ4n) is 2.78. The molecule has 7 N–H and O–H groups in total. The minimum absolute atomic E-state index is 0.0122. The maximum atomic E-state index is 11.5. The second kappa shape index (κ2) is 9.67. The van der Waals surface area contributed by atoms with Gasteiger partial charge >= 0.3 is 5.97 Å². The lowest BCUT2D eigenvalue weighted by atomic mass is 9.88. The number of aliphatic hydroxyl groups is 5. The van der Waals surface area contributed by atoms with E-state index in [-0.39, 0.29) is 18.6 Å². The first-order valence-electron chi connectivity index (χ1n) is 8.13. The Hall–Kier alpha value is -1.18. The summed E-state index contributed by atoms with van der Waals surface area (Å²) in [5.74, 6) is -3.99. The van der Waals surface area contributed by atoms with Crippen LogP contribution >= 0.6 is 0 Å². The van der Waals surface area contributed by atoms with Gasteiger partial charge < -0.3 is 44.9 Å². The van der Waals surface area contributed by atoms with Gasteiger partial charge in [0.1, 0.15) is 30.3 Å². The van der Waals surface area contributed by atoms with Crippen LogP contribution in [0, 0.1) is 0 Å². The molecule has 152 valence electrons. The van der Waals surface area contributed by atoms with E-state index in [9.17, 15) is 35.1 Å². The fraction of sp³-hybridized carbons (Fsp3) is 0.867. The van der Waals surface area contributed by atoms with E-state index in [0.717, 1.165) is 7.11 Å². The van der Waals surface area contributed by atoms with Crippen LogP contribution in [0.5, 0.6) is 0 Å². The average molecular weight is 381 g/mol. The lowest BCUT2D eigenvalue weighted by Gasteiger charge is -2.46. The number of hydrogen-bond donors (Lipinski definition) is 7. The monoisotopic (exact) mass is 381 g/mol. The van der Waals surface area contributed by atoms with E-state index < -0.39 is 61.5 Å². The number of methoxy groups -OCH3 is 1. The van der Waals surface area contributed by atoms with Crippen molar-refractivity contribution in [3.8, 4) is 0 Å². The van der Waals surface area contributed by atoms with Crippen LogP contribution in [-0.2, 0) is 19.1 Å². The van der Waals surface area contributed by atoms with Gasteiger partial charge in [-0.25, -0.2) is 4.79 Å². The number of carbonyl (C=O) groups is 2. The zero-order valence-corrected chi connectivity index (χ0v) is 14.6. The lowest BCUT2D eigenvalue weighted by molar-refractivity contribution is -0.306. The van der Waals surface area contributed by atoms with Gasteiger partial charge in [0, 0.05) is 20.0 Å². The Morgan fingerprint density at radius 3 is 2.42 bits per heavy atom.